The molecule has 128 valence electrons. The number of carbonyl (C=O) groups excluding carboxylic acids is 1. The van der Waals surface area contributed by atoms with Crippen LogP contribution in [0.3, 0.4) is 0 Å². The van der Waals surface area contributed by atoms with Gasteiger partial charge in [0.2, 0.25) is 5.91 Å². The standard InChI is InChI=1S/C17H18F3N3O/c1-9(2)23-16-15(10(3)22-23)13(8-14(24)21-16)11-5-4-6-12(7-11)17(18,19)20/h4-7,9,13H,8H2,1-3H3,(H,21,24). The number of benzene rings is 1. The molecule has 1 atom stereocenters. The Morgan fingerprint density at radius 3 is 2.67 bits per heavy atom. The van der Waals surface area contributed by atoms with Crippen LogP contribution in [0.1, 0.15) is 54.6 Å². The van der Waals surface area contributed by atoms with Gasteiger partial charge in [0, 0.05) is 23.9 Å². The van der Waals surface area contributed by atoms with Gasteiger partial charge < -0.3 is 5.32 Å². The summed E-state index contributed by atoms with van der Waals surface area (Å²) in [4.78, 5) is 12.1. The van der Waals surface area contributed by atoms with Crippen molar-refractivity contribution >= 4 is 11.7 Å². The normalized spacial score (nSPS) is 17.8. The molecule has 1 unspecified atom stereocenters. The molecule has 1 N–H and O–H groups in total. The van der Waals surface area contributed by atoms with E-state index in [4.69, 9.17) is 0 Å². The lowest BCUT2D eigenvalue weighted by molar-refractivity contribution is -0.137. The minimum Gasteiger partial charge on any atom is -0.311 e. The molecular formula is C17H18F3N3O. The number of anilines is 1. The Hall–Kier alpha value is -2.31. The predicted molar refractivity (Wildman–Crippen MR) is 83.9 cm³/mol. The van der Waals surface area contributed by atoms with E-state index in [-0.39, 0.29) is 18.4 Å². The summed E-state index contributed by atoms with van der Waals surface area (Å²) in [5.41, 5.74) is 1.29. The van der Waals surface area contributed by atoms with Crippen molar-refractivity contribution in [1.82, 2.24) is 9.78 Å². The first kappa shape index (κ1) is 16.5. The molecule has 0 bridgehead atoms. The molecule has 7 heteroatoms. The number of nitrogens with one attached hydrogen (secondary N) is 1. The molecule has 1 amide bonds. The first-order valence-electron chi connectivity index (χ1n) is 7.74. The fourth-order valence-corrected chi connectivity index (χ4v) is 3.16. The molecule has 2 aromatic rings. The van der Waals surface area contributed by atoms with Gasteiger partial charge in [0.1, 0.15) is 5.82 Å². The average molecular weight is 337 g/mol. The Balaban J connectivity index is 2.13. The molecule has 0 fully saturated rings. The Kier molecular flexibility index (Phi) is 3.89. The Morgan fingerprint density at radius 1 is 1.33 bits per heavy atom. The maximum Gasteiger partial charge on any atom is 0.416 e. The van der Waals surface area contributed by atoms with Gasteiger partial charge in [-0.15, -0.1) is 0 Å². The molecule has 0 saturated heterocycles. The summed E-state index contributed by atoms with van der Waals surface area (Å²) in [6.07, 6.45) is -4.30. The highest BCUT2D eigenvalue weighted by atomic mass is 19.4. The Bertz CT molecular complexity index is 793. The minimum atomic E-state index is -4.41. The van der Waals surface area contributed by atoms with Gasteiger partial charge in [-0.1, -0.05) is 18.2 Å². The molecule has 0 saturated carbocycles. The molecular weight excluding hydrogens is 319 g/mol. The van der Waals surface area contributed by atoms with E-state index < -0.39 is 17.7 Å². The predicted octanol–water partition coefficient (Wildman–Crippen LogP) is 4.27. The highest BCUT2D eigenvalue weighted by Crippen LogP contribution is 2.41. The topological polar surface area (TPSA) is 46.9 Å². The zero-order valence-corrected chi connectivity index (χ0v) is 13.6. The molecule has 0 spiro atoms. The second-order valence-electron chi connectivity index (χ2n) is 6.31. The number of rotatable bonds is 2. The van der Waals surface area contributed by atoms with Crippen LogP contribution in [0.5, 0.6) is 0 Å². The fraction of sp³-hybridized carbons (Fsp3) is 0.412. The molecule has 0 radical (unpaired) electrons. The van der Waals surface area contributed by atoms with Gasteiger partial charge >= 0.3 is 6.18 Å². The van der Waals surface area contributed by atoms with Crippen molar-refractivity contribution in [2.75, 3.05) is 5.32 Å². The van der Waals surface area contributed by atoms with Crippen molar-refractivity contribution in [3.8, 4) is 0 Å². The summed E-state index contributed by atoms with van der Waals surface area (Å²) in [6.45, 7) is 5.69. The second kappa shape index (κ2) is 5.65. The van der Waals surface area contributed by atoms with Crippen LogP contribution in [0.2, 0.25) is 0 Å². The summed E-state index contributed by atoms with van der Waals surface area (Å²) < 4.78 is 40.7. The molecule has 1 aromatic heterocycles. The third-order valence-electron chi connectivity index (χ3n) is 4.23. The van der Waals surface area contributed by atoms with Crippen LogP contribution < -0.4 is 5.32 Å². The van der Waals surface area contributed by atoms with Crippen LogP contribution in [0.25, 0.3) is 0 Å². The summed E-state index contributed by atoms with van der Waals surface area (Å²) in [7, 11) is 0. The van der Waals surface area contributed by atoms with E-state index in [0.717, 1.165) is 23.4 Å². The van der Waals surface area contributed by atoms with Gasteiger partial charge in [0.15, 0.2) is 0 Å². The first-order valence-corrected chi connectivity index (χ1v) is 7.74. The second-order valence-corrected chi connectivity index (χ2v) is 6.31. The van der Waals surface area contributed by atoms with Crippen LogP contribution in [0, 0.1) is 6.92 Å². The smallest absolute Gasteiger partial charge is 0.311 e. The minimum absolute atomic E-state index is 0.0352. The number of amides is 1. The Labute approximate surface area is 137 Å². The maximum absolute atomic E-state index is 13.0. The van der Waals surface area contributed by atoms with Crippen LogP contribution in [0.4, 0.5) is 19.0 Å². The number of aryl methyl sites for hydroxylation is 1. The first-order chi connectivity index (χ1) is 11.2. The lowest BCUT2D eigenvalue weighted by Crippen LogP contribution is -2.25. The number of alkyl halides is 3. The van der Waals surface area contributed by atoms with Crippen LogP contribution in [0.15, 0.2) is 24.3 Å². The van der Waals surface area contributed by atoms with Crippen molar-refractivity contribution < 1.29 is 18.0 Å². The van der Waals surface area contributed by atoms with E-state index in [1.54, 1.807) is 10.7 Å². The molecule has 24 heavy (non-hydrogen) atoms. The SMILES string of the molecule is Cc1nn(C(C)C)c2c1C(c1cccc(C(F)(F)F)c1)CC(=O)N2. The number of fused-ring (bicyclic) bond motifs is 1. The highest BCUT2D eigenvalue weighted by molar-refractivity contribution is 5.94. The fourth-order valence-electron chi connectivity index (χ4n) is 3.16. The van der Waals surface area contributed by atoms with Crippen molar-refractivity contribution in [1.29, 1.82) is 0 Å². The van der Waals surface area contributed by atoms with Crippen molar-refractivity contribution in [3.05, 3.63) is 46.6 Å². The number of aromatic nitrogens is 2. The van der Waals surface area contributed by atoms with E-state index in [9.17, 15) is 18.0 Å². The number of hydrogen-bond donors (Lipinski definition) is 1. The molecule has 0 aliphatic carbocycles. The van der Waals surface area contributed by atoms with Gasteiger partial charge in [-0.3, -0.25) is 4.79 Å². The average Bonchev–Trinajstić information content (AvgIpc) is 2.83. The highest BCUT2D eigenvalue weighted by Gasteiger charge is 2.35. The van der Waals surface area contributed by atoms with Crippen LogP contribution in [-0.2, 0) is 11.0 Å². The van der Waals surface area contributed by atoms with E-state index in [2.05, 4.69) is 10.4 Å². The Morgan fingerprint density at radius 2 is 2.04 bits per heavy atom. The number of nitrogens with zero attached hydrogens (tertiary/aromatic N) is 2. The third-order valence-corrected chi connectivity index (χ3v) is 4.23. The molecule has 1 aliphatic rings. The third kappa shape index (κ3) is 2.79. The summed E-state index contributed by atoms with van der Waals surface area (Å²) >= 11 is 0. The lowest BCUT2D eigenvalue weighted by atomic mass is 9.85. The quantitative estimate of drug-likeness (QED) is 0.890. The van der Waals surface area contributed by atoms with Crippen molar-refractivity contribution in [2.24, 2.45) is 0 Å². The van der Waals surface area contributed by atoms with E-state index >= 15 is 0 Å². The van der Waals surface area contributed by atoms with E-state index in [1.165, 1.54) is 6.07 Å². The van der Waals surface area contributed by atoms with Crippen LogP contribution >= 0.6 is 0 Å². The summed E-state index contributed by atoms with van der Waals surface area (Å²) in [5, 5.41) is 7.27. The van der Waals surface area contributed by atoms with Gasteiger partial charge in [0.05, 0.1) is 11.3 Å². The summed E-state index contributed by atoms with van der Waals surface area (Å²) in [5.74, 6) is -0.0589. The van der Waals surface area contributed by atoms with E-state index in [0.29, 0.717) is 11.4 Å². The van der Waals surface area contributed by atoms with Gasteiger partial charge in [-0.25, -0.2) is 4.68 Å². The van der Waals surface area contributed by atoms with Crippen molar-refractivity contribution in [3.63, 3.8) is 0 Å². The zero-order valence-electron chi connectivity index (χ0n) is 13.6. The number of hydrogen-bond acceptors (Lipinski definition) is 2. The molecule has 2 heterocycles. The summed E-state index contributed by atoms with van der Waals surface area (Å²) in [6, 6.07) is 5.21. The largest absolute Gasteiger partial charge is 0.416 e. The van der Waals surface area contributed by atoms with Gasteiger partial charge in [-0.05, 0) is 32.4 Å². The molecule has 1 aliphatic heterocycles. The lowest BCUT2D eigenvalue weighted by Gasteiger charge is -2.25. The number of halogens is 3. The molecule has 3 rings (SSSR count). The van der Waals surface area contributed by atoms with Gasteiger partial charge in [-0.2, -0.15) is 18.3 Å². The molecule has 4 nitrogen and oxygen atoms in total. The maximum atomic E-state index is 13.0. The zero-order chi connectivity index (χ0) is 17.6. The molecule has 1 aromatic carbocycles. The number of carbonyl (C=O) groups is 1. The van der Waals surface area contributed by atoms with Crippen molar-refractivity contribution in [2.45, 2.75) is 45.3 Å². The van der Waals surface area contributed by atoms with Gasteiger partial charge in [0.25, 0.3) is 0 Å². The van der Waals surface area contributed by atoms with E-state index in [1.807, 2.05) is 20.8 Å². The monoisotopic (exact) mass is 337 g/mol. The van der Waals surface area contributed by atoms with Crippen LogP contribution in [-0.4, -0.2) is 15.7 Å².